The van der Waals surface area contributed by atoms with Crippen LogP contribution in [-0.4, -0.2) is 30.5 Å². The Morgan fingerprint density at radius 3 is 2.69 bits per heavy atom. The number of benzene rings is 2. The van der Waals surface area contributed by atoms with Gasteiger partial charge >= 0.3 is 0 Å². The van der Waals surface area contributed by atoms with Crippen LogP contribution in [0.4, 0.5) is 15.8 Å². The van der Waals surface area contributed by atoms with Crippen LogP contribution >= 0.6 is 11.6 Å². The lowest BCUT2D eigenvalue weighted by atomic mass is 10.1. The maximum Gasteiger partial charge on any atom is 0.271 e. The molecule has 4 aromatic rings. The van der Waals surface area contributed by atoms with Crippen molar-refractivity contribution < 1.29 is 9.18 Å². The molecule has 0 bridgehead atoms. The minimum atomic E-state index is -0.745. The smallest absolute Gasteiger partial charge is 0.271 e. The molecule has 0 radical (unpaired) electrons. The maximum atomic E-state index is 14.3. The molecule has 3 N–H and O–H groups in total. The predicted molar refractivity (Wildman–Crippen MR) is 119 cm³/mol. The Bertz CT molecular complexity index is 1290. The zero-order valence-corrected chi connectivity index (χ0v) is 17.7. The summed E-state index contributed by atoms with van der Waals surface area (Å²) in [5.41, 5.74) is 7.48. The zero-order valence-electron chi connectivity index (χ0n) is 16.9. The summed E-state index contributed by atoms with van der Waals surface area (Å²) in [5.74, 6) is 0.541. The third-order valence-corrected chi connectivity index (χ3v) is 5.70. The molecule has 0 unspecified atom stereocenters. The second-order valence-electron chi connectivity index (χ2n) is 7.52. The lowest BCUT2D eigenvalue weighted by molar-refractivity contribution is 0.0996. The van der Waals surface area contributed by atoms with Gasteiger partial charge in [0.25, 0.3) is 5.91 Å². The first-order valence-corrected chi connectivity index (χ1v) is 10.5. The highest BCUT2D eigenvalue weighted by Gasteiger charge is 2.19. The van der Waals surface area contributed by atoms with E-state index in [-0.39, 0.29) is 16.4 Å². The van der Waals surface area contributed by atoms with Crippen LogP contribution in [0.3, 0.4) is 0 Å². The Kier molecular flexibility index (Phi) is 5.10. The van der Waals surface area contributed by atoms with Gasteiger partial charge in [-0.3, -0.25) is 4.79 Å². The van der Waals surface area contributed by atoms with E-state index in [1.54, 1.807) is 6.07 Å². The molecule has 1 aliphatic rings. The quantitative estimate of drug-likeness (QED) is 0.475. The van der Waals surface area contributed by atoms with Gasteiger partial charge in [0.2, 0.25) is 0 Å². The fourth-order valence-corrected chi connectivity index (χ4v) is 4.10. The second kappa shape index (κ2) is 8.08. The van der Waals surface area contributed by atoms with E-state index in [2.05, 4.69) is 25.2 Å². The monoisotopic (exact) mass is 451 g/mol. The molecule has 0 fully saturated rings. The van der Waals surface area contributed by atoms with Crippen LogP contribution in [0, 0.1) is 5.82 Å². The van der Waals surface area contributed by atoms with Gasteiger partial charge < -0.3 is 15.6 Å². The number of carbonyl (C=O) groups is 1. The third kappa shape index (κ3) is 3.60. The molecule has 3 heterocycles. The van der Waals surface area contributed by atoms with E-state index in [0.717, 1.165) is 43.0 Å². The Labute approximate surface area is 187 Å². The number of nitrogens with one attached hydrogen (secondary N) is 1. The first-order chi connectivity index (χ1) is 15.5. The van der Waals surface area contributed by atoms with Crippen molar-refractivity contribution in [2.45, 2.75) is 25.8 Å². The molecule has 32 heavy (non-hydrogen) atoms. The van der Waals surface area contributed by atoms with Crippen LogP contribution in [-0.2, 0) is 13.0 Å². The Balaban J connectivity index is 1.45. The summed E-state index contributed by atoms with van der Waals surface area (Å²) in [5, 5.41) is 16.1. The van der Waals surface area contributed by atoms with Crippen molar-refractivity contribution in [2.75, 3.05) is 5.32 Å². The van der Waals surface area contributed by atoms with Gasteiger partial charge in [0, 0.05) is 24.2 Å². The van der Waals surface area contributed by atoms with Crippen LogP contribution < -0.4 is 11.1 Å². The van der Waals surface area contributed by atoms with E-state index >= 15 is 0 Å². The first kappa shape index (κ1) is 20.2. The van der Waals surface area contributed by atoms with Gasteiger partial charge in [-0.1, -0.05) is 17.7 Å². The third-order valence-electron chi connectivity index (χ3n) is 5.40. The number of nitrogens with two attached hydrogens (primary N) is 1. The zero-order chi connectivity index (χ0) is 22.2. The largest absolute Gasteiger partial charge is 0.364 e. The Hall–Kier alpha value is -3.72. The summed E-state index contributed by atoms with van der Waals surface area (Å²) >= 11 is 6.13. The number of para-hydroxylation sites is 1. The van der Waals surface area contributed by atoms with E-state index in [0.29, 0.717) is 11.4 Å². The molecule has 10 heteroatoms. The molecule has 0 spiro atoms. The molecule has 0 saturated heterocycles. The number of halogens is 2. The standard InChI is InChI=1S/C22H19ClFN7O/c23-15-4-3-5-16(24)20(15)31-12-17(19(29-31)21(25)32)26-14-9-7-13(8-10-14)22-28-27-18-6-1-2-11-30(18)22/h3-5,7-10,12,26H,1-2,6,11H2,(H2,25,32). The number of primary amides is 1. The van der Waals surface area contributed by atoms with Gasteiger partial charge in [-0.2, -0.15) is 5.10 Å². The highest BCUT2D eigenvalue weighted by molar-refractivity contribution is 6.32. The molecule has 0 saturated carbocycles. The van der Waals surface area contributed by atoms with Crippen LogP contribution in [0.15, 0.2) is 48.7 Å². The van der Waals surface area contributed by atoms with Crippen LogP contribution in [0.1, 0.15) is 29.2 Å². The lowest BCUT2D eigenvalue weighted by Crippen LogP contribution is -2.14. The summed E-state index contributed by atoms with van der Waals surface area (Å²) in [7, 11) is 0. The van der Waals surface area contributed by atoms with E-state index < -0.39 is 11.7 Å². The van der Waals surface area contributed by atoms with Crippen molar-refractivity contribution in [1.29, 1.82) is 0 Å². The van der Waals surface area contributed by atoms with Gasteiger partial charge in [-0.15, -0.1) is 10.2 Å². The highest BCUT2D eigenvalue weighted by Crippen LogP contribution is 2.29. The van der Waals surface area contributed by atoms with E-state index in [1.165, 1.54) is 23.0 Å². The van der Waals surface area contributed by atoms with Crippen LogP contribution in [0.25, 0.3) is 17.1 Å². The number of rotatable bonds is 5. The molecular formula is C22H19ClFN7O. The fraction of sp³-hybridized carbons (Fsp3) is 0.182. The number of amides is 1. The summed E-state index contributed by atoms with van der Waals surface area (Å²) in [6, 6.07) is 11.9. The molecular weight excluding hydrogens is 433 g/mol. The van der Waals surface area contributed by atoms with Gasteiger partial charge in [-0.05, 0) is 49.2 Å². The number of hydrogen-bond donors (Lipinski definition) is 2. The van der Waals surface area contributed by atoms with Crippen molar-refractivity contribution in [3.05, 3.63) is 71.0 Å². The number of aryl methyl sites for hydroxylation is 1. The normalized spacial score (nSPS) is 13.1. The SMILES string of the molecule is NC(=O)c1nn(-c2c(F)cccc2Cl)cc1Nc1ccc(-c2nnc3n2CCCC3)cc1. The first-order valence-electron chi connectivity index (χ1n) is 10.1. The topological polar surface area (TPSA) is 104 Å². The number of aromatic nitrogens is 5. The van der Waals surface area contributed by atoms with E-state index in [9.17, 15) is 9.18 Å². The number of hydrogen-bond acceptors (Lipinski definition) is 5. The van der Waals surface area contributed by atoms with Crippen LogP contribution in [0.5, 0.6) is 0 Å². The summed E-state index contributed by atoms with van der Waals surface area (Å²) < 4.78 is 17.7. The van der Waals surface area contributed by atoms with E-state index in [1.807, 2.05) is 24.3 Å². The molecule has 2 aromatic heterocycles. The Morgan fingerprint density at radius 1 is 1.12 bits per heavy atom. The van der Waals surface area contributed by atoms with Gasteiger partial charge in [0.1, 0.15) is 17.3 Å². The minimum Gasteiger partial charge on any atom is -0.364 e. The van der Waals surface area contributed by atoms with E-state index in [4.69, 9.17) is 17.3 Å². The molecule has 2 aromatic carbocycles. The average Bonchev–Trinajstić information content (AvgIpc) is 3.39. The molecule has 162 valence electrons. The van der Waals surface area contributed by atoms with Crippen molar-refractivity contribution >= 4 is 28.9 Å². The second-order valence-corrected chi connectivity index (χ2v) is 7.93. The van der Waals surface area contributed by atoms with Gasteiger partial charge in [0.05, 0.1) is 16.9 Å². The maximum absolute atomic E-state index is 14.3. The number of carbonyl (C=O) groups excluding carboxylic acids is 1. The van der Waals surface area contributed by atoms with Gasteiger partial charge in [-0.25, -0.2) is 9.07 Å². The summed E-state index contributed by atoms with van der Waals surface area (Å²) in [4.78, 5) is 11.9. The van der Waals surface area contributed by atoms with Crippen molar-refractivity contribution in [2.24, 2.45) is 5.73 Å². The van der Waals surface area contributed by atoms with Gasteiger partial charge in [0.15, 0.2) is 11.5 Å². The summed E-state index contributed by atoms with van der Waals surface area (Å²) in [6.07, 6.45) is 4.67. The molecule has 1 aliphatic heterocycles. The number of anilines is 2. The van der Waals surface area contributed by atoms with Crippen molar-refractivity contribution in [3.63, 3.8) is 0 Å². The highest BCUT2D eigenvalue weighted by atomic mass is 35.5. The molecule has 1 amide bonds. The van der Waals surface area contributed by atoms with Crippen molar-refractivity contribution in [1.82, 2.24) is 24.5 Å². The van der Waals surface area contributed by atoms with Crippen LogP contribution in [0.2, 0.25) is 5.02 Å². The average molecular weight is 452 g/mol. The molecule has 0 atom stereocenters. The minimum absolute atomic E-state index is 0.0278. The lowest BCUT2D eigenvalue weighted by Gasteiger charge is -2.14. The molecule has 0 aliphatic carbocycles. The van der Waals surface area contributed by atoms with Crippen molar-refractivity contribution in [3.8, 4) is 17.1 Å². The number of nitrogens with zero attached hydrogens (tertiary/aromatic N) is 5. The molecule has 8 nitrogen and oxygen atoms in total. The number of fused-ring (bicyclic) bond motifs is 1. The molecule has 5 rings (SSSR count). The predicted octanol–water partition coefficient (Wildman–Crippen LogP) is 4.10. The summed E-state index contributed by atoms with van der Waals surface area (Å²) in [6.45, 7) is 0.914. The Morgan fingerprint density at radius 2 is 1.94 bits per heavy atom. The fourth-order valence-electron chi connectivity index (χ4n) is 3.85.